The van der Waals surface area contributed by atoms with E-state index in [0.717, 1.165) is 12.8 Å². The third kappa shape index (κ3) is 4.77. The van der Waals surface area contributed by atoms with Gasteiger partial charge >= 0.3 is 0 Å². The van der Waals surface area contributed by atoms with E-state index in [1.807, 2.05) is 13.8 Å². The summed E-state index contributed by atoms with van der Waals surface area (Å²) in [6, 6.07) is 2.90. The standard InChI is InChI=1S/C16H25FN2O2/c1-11(2)21-16-10-15(14(18)9-13(16)17)19-7-8-20-12-5-3-4-6-12/h9-12,19H,3-8,18H2,1-2H3. The Hall–Kier alpha value is -1.49. The highest BCUT2D eigenvalue weighted by Crippen LogP contribution is 2.29. The number of ether oxygens (including phenoxy) is 2. The lowest BCUT2D eigenvalue weighted by molar-refractivity contribution is 0.0659. The van der Waals surface area contributed by atoms with E-state index < -0.39 is 5.82 Å². The number of anilines is 2. The molecule has 3 N–H and O–H groups in total. The van der Waals surface area contributed by atoms with Gasteiger partial charge in [-0.25, -0.2) is 4.39 Å². The predicted octanol–water partition coefficient (Wildman–Crippen LogP) is 3.57. The van der Waals surface area contributed by atoms with Crippen molar-refractivity contribution in [2.24, 2.45) is 0 Å². The highest BCUT2D eigenvalue weighted by Gasteiger charge is 2.15. The van der Waals surface area contributed by atoms with Crippen LogP contribution in [-0.4, -0.2) is 25.4 Å². The Bertz CT molecular complexity index is 460. The summed E-state index contributed by atoms with van der Waals surface area (Å²) in [5.41, 5.74) is 6.89. The van der Waals surface area contributed by atoms with Gasteiger partial charge in [0.1, 0.15) is 0 Å². The Kier molecular flexibility index (Phi) is 5.67. The van der Waals surface area contributed by atoms with Crippen molar-refractivity contribution in [2.45, 2.75) is 51.7 Å². The number of nitrogen functional groups attached to an aromatic ring is 1. The van der Waals surface area contributed by atoms with Crippen LogP contribution in [0.2, 0.25) is 0 Å². The van der Waals surface area contributed by atoms with Crippen LogP contribution in [-0.2, 0) is 4.74 Å². The zero-order valence-corrected chi connectivity index (χ0v) is 12.8. The number of nitrogens with one attached hydrogen (secondary N) is 1. The van der Waals surface area contributed by atoms with Crippen LogP contribution in [0.5, 0.6) is 5.75 Å². The summed E-state index contributed by atoms with van der Waals surface area (Å²) in [5, 5.41) is 3.18. The van der Waals surface area contributed by atoms with E-state index in [2.05, 4.69) is 5.32 Å². The lowest BCUT2D eigenvalue weighted by atomic mass is 10.2. The monoisotopic (exact) mass is 296 g/mol. The van der Waals surface area contributed by atoms with Gasteiger partial charge in [0.15, 0.2) is 11.6 Å². The SMILES string of the molecule is CC(C)Oc1cc(NCCOC2CCCC2)c(N)cc1F. The molecule has 0 spiro atoms. The van der Waals surface area contributed by atoms with Crippen LogP contribution in [0.1, 0.15) is 39.5 Å². The fraction of sp³-hybridized carbons (Fsp3) is 0.625. The largest absolute Gasteiger partial charge is 0.488 e. The first-order chi connectivity index (χ1) is 10.1. The molecule has 4 nitrogen and oxygen atoms in total. The zero-order valence-electron chi connectivity index (χ0n) is 12.8. The number of rotatable bonds is 7. The summed E-state index contributed by atoms with van der Waals surface area (Å²) in [6.07, 6.45) is 5.16. The molecule has 1 aliphatic carbocycles. The van der Waals surface area contributed by atoms with E-state index in [1.165, 1.54) is 18.9 Å². The van der Waals surface area contributed by atoms with Crippen LogP contribution >= 0.6 is 0 Å². The molecule has 0 unspecified atom stereocenters. The topological polar surface area (TPSA) is 56.5 Å². The summed E-state index contributed by atoms with van der Waals surface area (Å²) >= 11 is 0. The number of hydrogen-bond acceptors (Lipinski definition) is 4. The van der Waals surface area contributed by atoms with Gasteiger partial charge in [-0.15, -0.1) is 0 Å². The third-order valence-corrected chi connectivity index (χ3v) is 3.54. The molecular weight excluding hydrogens is 271 g/mol. The minimum absolute atomic E-state index is 0.0818. The van der Waals surface area contributed by atoms with Crippen molar-refractivity contribution in [3.63, 3.8) is 0 Å². The minimum atomic E-state index is -0.436. The molecule has 118 valence electrons. The van der Waals surface area contributed by atoms with Crippen molar-refractivity contribution in [1.82, 2.24) is 0 Å². The maximum Gasteiger partial charge on any atom is 0.167 e. The average Bonchev–Trinajstić information content (AvgIpc) is 2.92. The fourth-order valence-electron chi connectivity index (χ4n) is 2.53. The van der Waals surface area contributed by atoms with Gasteiger partial charge in [-0.3, -0.25) is 0 Å². The number of benzene rings is 1. The van der Waals surface area contributed by atoms with Gasteiger partial charge in [0, 0.05) is 18.7 Å². The van der Waals surface area contributed by atoms with Gasteiger partial charge in [-0.1, -0.05) is 12.8 Å². The molecular formula is C16H25FN2O2. The Morgan fingerprint density at radius 1 is 1.33 bits per heavy atom. The van der Waals surface area contributed by atoms with Gasteiger partial charge in [0.05, 0.1) is 30.2 Å². The van der Waals surface area contributed by atoms with Crippen LogP contribution in [0.25, 0.3) is 0 Å². The van der Waals surface area contributed by atoms with Gasteiger partial charge in [0.2, 0.25) is 0 Å². The lowest BCUT2D eigenvalue weighted by Gasteiger charge is -2.16. The third-order valence-electron chi connectivity index (χ3n) is 3.54. The maximum absolute atomic E-state index is 13.7. The average molecular weight is 296 g/mol. The molecule has 0 atom stereocenters. The molecule has 0 saturated heterocycles. The summed E-state index contributed by atoms with van der Waals surface area (Å²) in [4.78, 5) is 0. The van der Waals surface area contributed by atoms with Crippen molar-refractivity contribution in [3.8, 4) is 5.75 Å². The molecule has 5 heteroatoms. The zero-order chi connectivity index (χ0) is 15.2. The lowest BCUT2D eigenvalue weighted by Crippen LogP contribution is -2.16. The van der Waals surface area contributed by atoms with Crippen LogP contribution in [0.3, 0.4) is 0 Å². The van der Waals surface area contributed by atoms with E-state index in [0.29, 0.717) is 30.6 Å². The first-order valence-electron chi connectivity index (χ1n) is 7.67. The van der Waals surface area contributed by atoms with Crippen molar-refractivity contribution in [3.05, 3.63) is 17.9 Å². The fourth-order valence-corrected chi connectivity index (χ4v) is 2.53. The molecule has 0 aliphatic heterocycles. The van der Waals surface area contributed by atoms with Gasteiger partial charge in [-0.05, 0) is 26.7 Å². The van der Waals surface area contributed by atoms with E-state index >= 15 is 0 Å². The molecule has 0 radical (unpaired) electrons. The highest BCUT2D eigenvalue weighted by molar-refractivity contribution is 5.68. The maximum atomic E-state index is 13.7. The van der Waals surface area contributed by atoms with E-state index in [-0.39, 0.29) is 11.9 Å². The quantitative estimate of drug-likeness (QED) is 0.596. The molecule has 1 aliphatic rings. The van der Waals surface area contributed by atoms with Crippen molar-refractivity contribution in [2.75, 3.05) is 24.2 Å². The number of hydrogen-bond donors (Lipinski definition) is 2. The summed E-state index contributed by atoms with van der Waals surface area (Å²) in [5.74, 6) is -0.215. The minimum Gasteiger partial charge on any atom is -0.488 e. The second kappa shape index (κ2) is 7.50. The van der Waals surface area contributed by atoms with Crippen molar-refractivity contribution in [1.29, 1.82) is 0 Å². The molecule has 0 amide bonds. The normalized spacial score (nSPS) is 15.6. The second-order valence-electron chi connectivity index (χ2n) is 5.74. The van der Waals surface area contributed by atoms with Crippen molar-refractivity contribution >= 4 is 11.4 Å². The molecule has 1 fully saturated rings. The first kappa shape index (κ1) is 15.9. The van der Waals surface area contributed by atoms with Gasteiger partial charge < -0.3 is 20.5 Å². The number of nitrogens with two attached hydrogens (primary N) is 1. The van der Waals surface area contributed by atoms with Crippen LogP contribution < -0.4 is 15.8 Å². The van der Waals surface area contributed by atoms with E-state index in [4.69, 9.17) is 15.2 Å². The smallest absolute Gasteiger partial charge is 0.167 e. The Balaban J connectivity index is 1.86. The van der Waals surface area contributed by atoms with Gasteiger partial charge in [0.25, 0.3) is 0 Å². The molecule has 21 heavy (non-hydrogen) atoms. The predicted molar refractivity (Wildman–Crippen MR) is 83.3 cm³/mol. The molecule has 2 rings (SSSR count). The Labute approximate surface area is 125 Å². The summed E-state index contributed by atoms with van der Waals surface area (Å²) in [6.45, 7) is 4.99. The Morgan fingerprint density at radius 3 is 2.71 bits per heavy atom. The summed E-state index contributed by atoms with van der Waals surface area (Å²) < 4.78 is 24.9. The molecule has 1 saturated carbocycles. The van der Waals surface area contributed by atoms with E-state index in [1.54, 1.807) is 6.07 Å². The van der Waals surface area contributed by atoms with Crippen LogP contribution in [0.15, 0.2) is 12.1 Å². The van der Waals surface area contributed by atoms with Crippen LogP contribution in [0, 0.1) is 5.82 Å². The van der Waals surface area contributed by atoms with Crippen molar-refractivity contribution < 1.29 is 13.9 Å². The second-order valence-corrected chi connectivity index (χ2v) is 5.74. The summed E-state index contributed by atoms with van der Waals surface area (Å²) in [7, 11) is 0. The Morgan fingerprint density at radius 2 is 2.05 bits per heavy atom. The molecule has 1 aromatic rings. The number of halogens is 1. The molecule has 1 aromatic carbocycles. The molecule has 0 aromatic heterocycles. The van der Waals surface area contributed by atoms with E-state index in [9.17, 15) is 4.39 Å². The molecule has 0 heterocycles. The highest BCUT2D eigenvalue weighted by atomic mass is 19.1. The first-order valence-corrected chi connectivity index (χ1v) is 7.67. The molecule has 0 bridgehead atoms. The van der Waals surface area contributed by atoms with Gasteiger partial charge in [-0.2, -0.15) is 0 Å². The van der Waals surface area contributed by atoms with Crippen LogP contribution in [0.4, 0.5) is 15.8 Å².